The van der Waals surface area contributed by atoms with Crippen LogP contribution in [-0.4, -0.2) is 16.8 Å². The number of hydrogen-bond donors (Lipinski definition) is 2. The lowest BCUT2D eigenvalue weighted by Crippen LogP contribution is -2.10. The third kappa shape index (κ3) is 3.89. The van der Waals surface area contributed by atoms with Gasteiger partial charge in [0.05, 0.1) is 5.69 Å². The van der Waals surface area contributed by atoms with Crippen LogP contribution in [0.15, 0.2) is 29.6 Å². The lowest BCUT2D eigenvalue weighted by atomic mass is 10.1. The Kier molecular flexibility index (Phi) is 4.47. The highest BCUT2D eigenvalue weighted by molar-refractivity contribution is 7.13. The first-order chi connectivity index (χ1) is 9.54. The number of aromatic nitrogens is 1. The van der Waals surface area contributed by atoms with Crippen molar-refractivity contribution >= 4 is 28.3 Å². The molecule has 104 valence electrons. The molecular weight excluding hydrogens is 274 g/mol. The smallest absolute Gasteiger partial charge is 0.248 e. The fraction of sp³-hybridized carbons (Fsp3) is 0.214. The second-order valence-corrected chi connectivity index (χ2v) is 5.24. The molecule has 2 amide bonds. The predicted molar refractivity (Wildman–Crippen MR) is 78.8 cm³/mol. The number of carbonyl (C=O) groups is 2. The molecule has 0 bridgehead atoms. The highest BCUT2D eigenvalue weighted by Crippen LogP contribution is 2.17. The summed E-state index contributed by atoms with van der Waals surface area (Å²) < 4.78 is 0. The molecule has 0 spiro atoms. The maximum absolute atomic E-state index is 11.0. The first kappa shape index (κ1) is 14.2. The largest absolute Gasteiger partial charge is 0.366 e. The van der Waals surface area contributed by atoms with Gasteiger partial charge in [0.25, 0.3) is 0 Å². The minimum atomic E-state index is -0.420. The van der Waals surface area contributed by atoms with Crippen molar-refractivity contribution in [2.45, 2.75) is 19.8 Å². The van der Waals surface area contributed by atoms with E-state index >= 15 is 0 Å². The molecule has 0 aliphatic carbocycles. The number of amides is 2. The number of nitrogens with zero attached hydrogens (tertiary/aromatic N) is 1. The Labute approximate surface area is 120 Å². The summed E-state index contributed by atoms with van der Waals surface area (Å²) >= 11 is 1.42. The molecule has 0 unspecified atom stereocenters. The van der Waals surface area contributed by atoms with Crippen molar-refractivity contribution in [2.24, 2.45) is 5.73 Å². The Morgan fingerprint density at radius 2 is 1.95 bits per heavy atom. The van der Waals surface area contributed by atoms with Gasteiger partial charge < -0.3 is 11.1 Å². The van der Waals surface area contributed by atoms with E-state index in [1.165, 1.54) is 18.3 Å². The third-order valence-corrected chi connectivity index (χ3v) is 3.55. The van der Waals surface area contributed by atoms with E-state index < -0.39 is 5.91 Å². The van der Waals surface area contributed by atoms with Gasteiger partial charge in [0.15, 0.2) is 5.13 Å². The van der Waals surface area contributed by atoms with Gasteiger partial charge in [-0.05, 0) is 30.5 Å². The van der Waals surface area contributed by atoms with Crippen LogP contribution in [-0.2, 0) is 17.6 Å². The van der Waals surface area contributed by atoms with Crippen LogP contribution in [0.2, 0.25) is 0 Å². The topological polar surface area (TPSA) is 85.1 Å². The van der Waals surface area contributed by atoms with Gasteiger partial charge in [0.2, 0.25) is 11.8 Å². The number of carbonyl (C=O) groups excluding carboxylic acids is 2. The Hall–Kier alpha value is -2.21. The van der Waals surface area contributed by atoms with Crippen LogP contribution in [0.4, 0.5) is 5.13 Å². The van der Waals surface area contributed by atoms with Crippen molar-refractivity contribution in [2.75, 3.05) is 5.32 Å². The van der Waals surface area contributed by atoms with Crippen LogP contribution < -0.4 is 11.1 Å². The Morgan fingerprint density at radius 1 is 1.25 bits per heavy atom. The standard InChI is InChI=1S/C14H15N3O2S/c1-9(18)16-14-17-12(8-20-14)7-4-10-2-5-11(6-3-10)13(15)19/h2-3,5-6,8H,4,7H2,1H3,(H2,15,19)(H,16,17,18). The van der Waals surface area contributed by atoms with E-state index in [2.05, 4.69) is 10.3 Å². The number of benzene rings is 1. The molecule has 0 saturated carbocycles. The molecule has 2 rings (SSSR count). The summed E-state index contributed by atoms with van der Waals surface area (Å²) in [5.74, 6) is -0.538. The summed E-state index contributed by atoms with van der Waals surface area (Å²) in [5, 5.41) is 5.22. The summed E-state index contributed by atoms with van der Waals surface area (Å²) in [4.78, 5) is 26.2. The number of nitrogens with two attached hydrogens (primary N) is 1. The first-order valence-corrected chi connectivity index (χ1v) is 7.03. The molecule has 1 aromatic heterocycles. The molecule has 6 heteroatoms. The molecule has 0 radical (unpaired) electrons. The Bertz CT molecular complexity index is 620. The van der Waals surface area contributed by atoms with E-state index in [-0.39, 0.29) is 5.91 Å². The van der Waals surface area contributed by atoms with Gasteiger partial charge in [0, 0.05) is 17.9 Å². The molecular formula is C14H15N3O2S. The summed E-state index contributed by atoms with van der Waals surface area (Å²) in [6.07, 6.45) is 1.61. The fourth-order valence-corrected chi connectivity index (χ4v) is 2.53. The Morgan fingerprint density at radius 3 is 2.55 bits per heavy atom. The number of anilines is 1. The summed E-state index contributed by atoms with van der Waals surface area (Å²) in [7, 11) is 0. The van der Waals surface area contributed by atoms with Crippen molar-refractivity contribution in [1.82, 2.24) is 4.98 Å². The monoisotopic (exact) mass is 289 g/mol. The zero-order valence-electron chi connectivity index (χ0n) is 11.1. The molecule has 20 heavy (non-hydrogen) atoms. The average Bonchev–Trinajstić information content (AvgIpc) is 2.83. The number of thiazole rings is 1. The molecule has 0 atom stereocenters. The minimum Gasteiger partial charge on any atom is -0.366 e. The summed E-state index contributed by atoms with van der Waals surface area (Å²) in [5.41, 5.74) is 7.76. The van der Waals surface area contributed by atoms with Gasteiger partial charge in [-0.25, -0.2) is 4.98 Å². The van der Waals surface area contributed by atoms with Crippen LogP contribution in [0.5, 0.6) is 0 Å². The first-order valence-electron chi connectivity index (χ1n) is 6.15. The predicted octanol–water partition coefficient (Wildman–Crippen LogP) is 1.99. The lowest BCUT2D eigenvalue weighted by molar-refractivity contribution is -0.114. The van der Waals surface area contributed by atoms with Gasteiger partial charge >= 0.3 is 0 Å². The molecule has 0 saturated heterocycles. The quantitative estimate of drug-likeness (QED) is 0.882. The van der Waals surface area contributed by atoms with Crippen LogP contribution in [0.25, 0.3) is 0 Å². The van der Waals surface area contributed by atoms with Crippen molar-refractivity contribution in [3.05, 3.63) is 46.5 Å². The van der Waals surface area contributed by atoms with E-state index in [1.54, 1.807) is 12.1 Å². The third-order valence-electron chi connectivity index (χ3n) is 2.74. The normalized spacial score (nSPS) is 10.2. The number of rotatable bonds is 5. The van der Waals surface area contributed by atoms with E-state index in [0.29, 0.717) is 10.7 Å². The van der Waals surface area contributed by atoms with Crippen LogP contribution in [0.1, 0.15) is 28.5 Å². The molecule has 1 aromatic carbocycles. The summed E-state index contributed by atoms with van der Waals surface area (Å²) in [6, 6.07) is 7.23. The second kappa shape index (κ2) is 6.29. The SMILES string of the molecule is CC(=O)Nc1nc(CCc2ccc(C(N)=O)cc2)cs1. The minimum absolute atomic E-state index is 0.118. The van der Waals surface area contributed by atoms with Gasteiger partial charge in [0.1, 0.15) is 0 Å². The van der Waals surface area contributed by atoms with Crippen molar-refractivity contribution in [3.63, 3.8) is 0 Å². The average molecular weight is 289 g/mol. The lowest BCUT2D eigenvalue weighted by Gasteiger charge is -2.01. The Balaban J connectivity index is 1.93. The van der Waals surface area contributed by atoms with Crippen LogP contribution in [0, 0.1) is 0 Å². The molecule has 0 aliphatic rings. The zero-order chi connectivity index (χ0) is 14.5. The van der Waals surface area contributed by atoms with E-state index in [4.69, 9.17) is 5.73 Å². The van der Waals surface area contributed by atoms with Gasteiger partial charge in [-0.2, -0.15) is 0 Å². The van der Waals surface area contributed by atoms with E-state index in [0.717, 1.165) is 24.1 Å². The highest BCUT2D eigenvalue weighted by atomic mass is 32.1. The molecule has 2 aromatic rings. The second-order valence-electron chi connectivity index (χ2n) is 4.39. The molecule has 3 N–H and O–H groups in total. The van der Waals surface area contributed by atoms with Crippen molar-refractivity contribution < 1.29 is 9.59 Å². The number of aryl methyl sites for hydroxylation is 2. The molecule has 0 aliphatic heterocycles. The van der Waals surface area contributed by atoms with Crippen LogP contribution >= 0.6 is 11.3 Å². The van der Waals surface area contributed by atoms with Crippen molar-refractivity contribution in [3.8, 4) is 0 Å². The molecule has 1 heterocycles. The van der Waals surface area contributed by atoms with Gasteiger partial charge in [-0.3, -0.25) is 9.59 Å². The van der Waals surface area contributed by atoms with E-state index in [9.17, 15) is 9.59 Å². The maximum atomic E-state index is 11.0. The van der Waals surface area contributed by atoms with Gasteiger partial charge in [-0.1, -0.05) is 12.1 Å². The van der Waals surface area contributed by atoms with E-state index in [1.807, 2.05) is 17.5 Å². The summed E-state index contributed by atoms with van der Waals surface area (Å²) in [6.45, 7) is 1.46. The molecule has 5 nitrogen and oxygen atoms in total. The highest BCUT2D eigenvalue weighted by Gasteiger charge is 2.04. The van der Waals surface area contributed by atoms with Crippen molar-refractivity contribution in [1.29, 1.82) is 0 Å². The number of hydrogen-bond acceptors (Lipinski definition) is 4. The zero-order valence-corrected chi connectivity index (χ0v) is 11.9. The molecule has 0 fully saturated rings. The maximum Gasteiger partial charge on any atom is 0.248 e. The number of primary amides is 1. The number of nitrogens with one attached hydrogen (secondary N) is 1. The fourth-order valence-electron chi connectivity index (χ4n) is 1.74. The van der Waals surface area contributed by atoms with Gasteiger partial charge in [-0.15, -0.1) is 11.3 Å². The van der Waals surface area contributed by atoms with Crippen LogP contribution in [0.3, 0.4) is 0 Å².